The maximum absolute atomic E-state index is 11.6. The summed E-state index contributed by atoms with van der Waals surface area (Å²) in [6.45, 7) is 3.05. The van der Waals surface area contributed by atoms with Gasteiger partial charge in [-0.15, -0.1) is 0 Å². The van der Waals surface area contributed by atoms with Crippen molar-refractivity contribution in [3.05, 3.63) is 0 Å². The third-order valence-electron chi connectivity index (χ3n) is 5.08. The molecular formula is C16H27N5O2S. The molecule has 1 spiro atoms. The molecular weight excluding hydrogens is 326 g/mol. The van der Waals surface area contributed by atoms with Crippen LogP contribution in [-0.4, -0.2) is 78.0 Å². The van der Waals surface area contributed by atoms with E-state index in [1.807, 2.05) is 0 Å². The molecule has 7 nitrogen and oxygen atoms in total. The van der Waals surface area contributed by atoms with Crippen molar-refractivity contribution >= 4 is 29.7 Å². The number of imide groups is 1. The van der Waals surface area contributed by atoms with E-state index in [1.54, 1.807) is 7.05 Å². The Hall–Kier alpha value is -1.44. The summed E-state index contributed by atoms with van der Waals surface area (Å²) >= 11 is 2.13. The fraction of sp³-hybridized carbons (Fsp3) is 0.812. The van der Waals surface area contributed by atoms with Crippen LogP contribution in [0.1, 0.15) is 32.1 Å². The normalized spacial score (nSPS) is 24.5. The zero-order chi connectivity index (χ0) is 17.0. The lowest BCUT2D eigenvalue weighted by Crippen LogP contribution is -2.54. The van der Waals surface area contributed by atoms with Gasteiger partial charge in [-0.25, -0.2) is 4.79 Å². The molecule has 0 aromatic carbocycles. The van der Waals surface area contributed by atoms with E-state index >= 15 is 0 Å². The molecule has 2 aliphatic heterocycles. The number of nitrogens with one attached hydrogen (secondary N) is 2. The number of carbonyl (C=O) groups excluding carboxylic acids is 2. The Morgan fingerprint density at radius 2 is 2.12 bits per heavy atom. The van der Waals surface area contributed by atoms with E-state index in [4.69, 9.17) is 0 Å². The van der Waals surface area contributed by atoms with Gasteiger partial charge in [0, 0.05) is 43.7 Å². The first-order valence-electron chi connectivity index (χ1n) is 8.81. The quantitative estimate of drug-likeness (QED) is 0.447. The predicted octanol–water partition coefficient (Wildman–Crippen LogP) is 0.865. The van der Waals surface area contributed by atoms with Gasteiger partial charge in [-0.2, -0.15) is 11.8 Å². The number of aliphatic imine (C=N–C) groups is 1. The van der Waals surface area contributed by atoms with E-state index in [0.717, 1.165) is 24.8 Å². The third kappa shape index (κ3) is 3.79. The molecule has 2 heterocycles. The standard InChI is InChI=1S/C16H27N5O2S/c1-17-14(18-7-8-21-13(22)11-19-15(21)23)20-9-10-24-16(12-20)5-3-2-4-6-16/h2-12H2,1H3,(H,17,18)(H,19,23). The average Bonchev–Trinajstić information content (AvgIpc) is 2.91. The van der Waals surface area contributed by atoms with Crippen molar-refractivity contribution in [1.82, 2.24) is 20.4 Å². The molecule has 2 saturated heterocycles. The van der Waals surface area contributed by atoms with E-state index < -0.39 is 0 Å². The number of urea groups is 1. The number of amides is 3. The van der Waals surface area contributed by atoms with Gasteiger partial charge in [0.05, 0.1) is 6.54 Å². The highest BCUT2D eigenvalue weighted by atomic mass is 32.2. The highest BCUT2D eigenvalue weighted by Gasteiger charge is 2.38. The summed E-state index contributed by atoms with van der Waals surface area (Å²) in [5.41, 5.74) is 0. The molecule has 3 fully saturated rings. The van der Waals surface area contributed by atoms with Crippen molar-refractivity contribution in [2.45, 2.75) is 36.9 Å². The molecule has 0 unspecified atom stereocenters. The summed E-state index contributed by atoms with van der Waals surface area (Å²) in [6, 6.07) is -0.299. The Kier molecular flexibility index (Phi) is 5.53. The van der Waals surface area contributed by atoms with Crippen LogP contribution in [-0.2, 0) is 4.79 Å². The second kappa shape index (κ2) is 7.63. The van der Waals surface area contributed by atoms with Gasteiger partial charge in [-0.3, -0.25) is 14.7 Å². The second-order valence-electron chi connectivity index (χ2n) is 6.69. The molecule has 0 aromatic heterocycles. The summed E-state index contributed by atoms with van der Waals surface area (Å²) < 4.78 is 0.388. The maximum atomic E-state index is 11.6. The molecule has 0 atom stereocenters. The minimum absolute atomic E-state index is 0.111. The van der Waals surface area contributed by atoms with Gasteiger partial charge in [0.2, 0.25) is 5.91 Å². The molecule has 0 bridgehead atoms. The number of nitrogens with zero attached hydrogens (tertiary/aromatic N) is 3. The summed E-state index contributed by atoms with van der Waals surface area (Å²) in [5.74, 6) is 1.85. The minimum atomic E-state index is -0.299. The molecule has 1 saturated carbocycles. The van der Waals surface area contributed by atoms with Gasteiger partial charge in [-0.1, -0.05) is 19.3 Å². The van der Waals surface area contributed by atoms with Gasteiger partial charge < -0.3 is 15.5 Å². The van der Waals surface area contributed by atoms with Crippen LogP contribution in [0.3, 0.4) is 0 Å². The Morgan fingerprint density at radius 1 is 1.33 bits per heavy atom. The molecule has 0 aromatic rings. The van der Waals surface area contributed by atoms with Crippen LogP contribution in [0.25, 0.3) is 0 Å². The first-order valence-corrected chi connectivity index (χ1v) is 9.80. The highest BCUT2D eigenvalue weighted by molar-refractivity contribution is 8.00. The van der Waals surface area contributed by atoms with Crippen molar-refractivity contribution < 1.29 is 9.59 Å². The number of carbonyl (C=O) groups is 2. The fourth-order valence-electron chi connectivity index (χ4n) is 3.82. The van der Waals surface area contributed by atoms with Crippen LogP contribution in [0.15, 0.2) is 4.99 Å². The first kappa shape index (κ1) is 17.4. The monoisotopic (exact) mass is 353 g/mol. The number of guanidine groups is 1. The first-order chi connectivity index (χ1) is 11.6. The Bertz CT molecular complexity index is 497. The lowest BCUT2D eigenvalue weighted by Gasteiger charge is -2.45. The largest absolute Gasteiger partial charge is 0.354 e. The van der Waals surface area contributed by atoms with E-state index in [0.29, 0.717) is 17.8 Å². The average molecular weight is 353 g/mol. The highest BCUT2D eigenvalue weighted by Crippen LogP contribution is 2.42. The van der Waals surface area contributed by atoms with Gasteiger partial charge in [-0.05, 0) is 12.8 Å². The minimum Gasteiger partial charge on any atom is -0.354 e. The smallest absolute Gasteiger partial charge is 0.324 e. The summed E-state index contributed by atoms with van der Waals surface area (Å²) in [6.07, 6.45) is 6.63. The zero-order valence-electron chi connectivity index (χ0n) is 14.3. The Morgan fingerprint density at radius 3 is 2.79 bits per heavy atom. The summed E-state index contributed by atoms with van der Waals surface area (Å²) in [5, 5.41) is 5.86. The molecule has 2 N–H and O–H groups in total. The molecule has 8 heteroatoms. The van der Waals surface area contributed by atoms with Crippen molar-refractivity contribution in [2.24, 2.45) is 4.99 Å². The van der Waals surface area contributed by atoms with Crippen LogP contribution < -0.4 is 10.6 Å². The van der Waals surface area contributed by atoms with Gasteiger partial charge >= 0.3 is 6.03 Å². The fourth-order valence-corrected chi connectivity index (χ4v) is 5.39. The van der Waals surface area contributed by atoms with Crippen LogP contribution in [0.4, 0.5) is 4.79 Å². The SMILES string of the molecule is CN=C(NCCN1C(=O)CNC1=O)N1CCSC2(CCCCC2)C1. The van der Waals surface area contributed by atoms with Crippen molar-refractivity contribution in [2.75, 3.05) is 45.5 Å². The lowest BCUT2D eigenvalue weighted by atomic mass is 9.87. The summed E-state index contributed by atoms with van der Waals surface area (Å²) in [7, 11) is 1.80. The van der Waals surface area contributed by atoms with Crippen LogP contribution in [0.2, 0.25) is 0 Å². The lowest BCUT2D eigenvalue weighted by molar-refractivity contribution is -0.124. The molecule has 0 radical (unpaired) electrons. The second-order valence-corrected chi connectivity index (χ2v) is 8.25. The van der Waals surface area contributed by atoms with E-state index in [-0.39, 0.29) is 18.5 Å². The summed E-state index contributed by atoms with van der Waals surface area (Å²) in [4.78, 5) is 31.2. The topological polar surface area (TPSA) is 77.0 Å². The molecule has 3 amide bonds. The van der Waals surface area contributed by atoms with Crippen LogP contribution >= 0.6 is 11.8 Å². The molecule has 1 aliphatic carbocycles. The van der Waals surface area contributed by atoms with Crippen LogP contribution in [0, 0.1) is 0 Å². The van der Waals surface area contributed by atoms with Crippen molar-refractivity contribution in [3.63, 3.8) is 0 Å². The Labute approximate surface area is 147 Å². The van der Waals surface area contributed by atoms with Crippen LogP contribution in [0.5, 0.6) is 0 Å². The predicted molar refractivity (Wildman–Crippen MR) is 96.3 cm³/mol. The van der Waals surface area contributed by atoms with Crippen molar-refractivity contribution in [3.8, 4) is 0 Å². The molecule has 134 valence electrons. The van der Waals surface area contributed by atoms with E-state index in [2.05, 4.69) is 32.3 Å². The molecule has 3 aliphatic rings. The van der Waals surface area contributed by atoms with Gasteiger partial charge in [0.1, 0.15) is 0 Å². The number of thioether (sulfide) groups is 1. The molecule has 3 rings (SSSR count). The maximum Gasteiger partial charge on any atom is 0.324 e. The van der Waals surface area contributed by atoms with Gasteiger partial charge in [0.15, 0.2) is 5.96 Å². The van der Waals surface area contributed by atoms with Crippen molar-refractivity contribution in [1.29, 1.82) is 0 Å². The third-order valence-corrected chi connectivity index (χ3v) is 6.62. The van der Waals surface area contributed by atoms with E-state index in [1.165, 1.54) is 37.0 Å². The van der Waals surface area contributed by atoms with Gasteiger partial charge in [0.25, 0.3) is 0 Å². The zero-order valence-corrected chi connectivity index (χ0v) is 15.2. The number of hydrogen-bond donors (Lipinski definition) is 2. The van der Waals surface area contributed by atoms with E-state index in [9.17, 15) is 9.59 Å². The number of hydrogen-bond acceptors (Lipinski definition) is 4. The molecule has 24 heavy (non-hydrogen) atoms. The number of rotatable bonds is 3. The Balaban J connectivity index is 1.52.